The number of hydrogen-bond acceptors (Lipinski definition) is 5. The third-order valence-corrected chi connectivity index (χ3v) is 5.68. The summed E-state index contributed by atoms with van der Waals surface area (Å²) in [5.74, 6) is -0.354. The molecule has 2 amide bonds. The summed E-state index contributed by atoms with van der Waals surface area (Å²) in [5, 5.41) is 13.4. The van der Waals surface area contributed by atoms with Crippen molar-refractivity contribution in [2.24, 2.45) is 0 Å². The van der Waals surface area contributed by atoms with Crippen molar-refractivity contribution in [3.63, 3.8) is 0 Å². The molecule has 7 heteroatoms. The number of para-hydroxylation sites is 1. The quantitative estimate of drug-likeness (QED) is 0.603. The SMILES string of the molecule is CCc1ccccc1NC(=O)CN(C)C(=O)C(C)Sc1nncc2ccccc12. The van der Waals surface area contributed by atoms with Crippen LogP contribution < -0.4 is 5.32 Å². The molecule has 6 nitrogen and oxygen atoms in total. The Morgan fingerprint density at radius 1 is 1.14 bits per heavy atom. The Morgan fingerprint density at radius 2 is 1.86 bits per heavy atom. The van der Waals surface area contributed by atoms with Gasteiger partial charge in [-0.3, -0.25) is 9.59 Å². The van der Waals surface area contributed by atoms with Crippen LogP contribution in [-0.2, 0) is 16.0 Å². The largest absolute Gasteiger partial charge is 0.335 e. The number of amides is 2. The van der Waals surface area contributed by atoms with E-state index in [-0.39, 0.29) is 18.4 Å². The van der Waals surface area contributed by atoms with Crippen LogP contribution in [-0.4, -0.2) is 45.8 Å². The van der Waals surface area contributed by atoms with Gasteiger partial charge in [0.1, 0.15) is 5.03 Å². The molecule has 0 aliphatic rings. The minimum absolute atomic E-state index is 0.0109. The van der Waals surface area contributed by atoms with Crippen molar-refractivity contribution in [3.8, 4) is 0 Å². The van der Waals surface area contributed by atoms with Gasteiger partial charge in [-0.25, -0.2) is 0 Å². The molecule has 1 heterocycles. The molecule has 1 N–H and O–H groups in total. The summed E-state index contributed by atoms with van der Waals surface area (Å²) < 4.78 is 0. The lowest BCUT2D eigenvalue weighted by Crippen LogP contribution is -2.39. The van der Waals surface area contributed by atoms with E-state index in [1.807, 2.05) is 62.4 Å². The standard InChI is InChI=1S/C22H24N4O2S/c1-4-16-9-6-8-12-19(16)24-20(27)14-26(3)22(28)15(2)29-21-18-11-7-5-10-17(18)13-23-25-21/h5-13,15H,4,14H2,1-3H3,(H,24,27). The molecule has 3 aromatic rings. The summed E-state index contributed by atoms with van der Waals surface area (Å²) in [4.78, 5) is 26.6. The zero-order valence-corrected chi connectivity index (χ0v) is 17.6. The first-order chi connectivity index (χ1) is 14.0. The van der Waals surface area contributed by atoms with Gasteiger partial charge in [0.15, 0.2) is 0 Å². The number of nitrogens with zero attached hydrogens (tertiary/aromatic N) is 3. The number of likely N-dealkylation sites (N-methyl/N-ethyl adjacent to an activating group) is 1. The first kappa shape index (κ1) is 20.8. The second kappa shape index (κ2) is 9.52. The molecule has 29 heavy (non-hydrogen) atoms. The van der Waals surface area contributed by atoms with Gasteiger partial charge in [0.25, 0.3) is 0 Å². The van der Waals surface area contributed by atoms with Crippen LogP contribution in [0.1, 0.15) is 19.4 Å². The van der Waals surface area contributed by atoms with Crippen LogP contribution in [0.5, 0.6) is 0 Å². The number of aromatic nitrogens is 2. The minimum atomic E-state index is -0.393. The number of fused-ring (bicyclic) bond motifs is 1. The number of aryl methyl sites for hydroxylation is 1. The fraction of sp³-hybridized carbons (Fsp3) is 0.273. The van der Waals surface area contributed by atoms with Gasteiger partial charge in [0.05, 0.1) is 18.0 Å². The molecule has 2 aromatic carbocycles. The van der Waals surface area contributed by atoms with Gasteiger partial charge in [0.2, 0.25) is 11.8 Å². The molecular weight excluding hydrogens is 384 g/mol. The highest BCUT2D eigenvalue weighted by molar-refractivity contribution is 8.00. The Bertz CT molecular complexity index is 1020. The highest BCUT2D eigenvalue weighted by Gasteiger charge is 2.22. The van der Waals surface area contributed by atoms with Crippen molar-refractivity contribution in [2.75, 3.05) is 18.9 Å². The zero-order valence-electron chi connectivity index (χ0n) is 16.8. The van der Waals surface area contributed by atoms with Gasteiger partial charge in [-0.2, -0.15) is 5.10 Å². The fourth-order valence-corrected chi connectivity index (χ4v) is 4.07. The molecule has 0 bridgehead atoms. The number of benzene rings is 2. The van der Waals surface area contributed by atoms with Crippen LogP contribution >= 0.6 is 11.8 Å². The van der Waals surface area contributed by atoms with E-state index in [2.05, 4.69) is 15.5 Å². The number of carbonyl (C=O) groups is 2. The third kappa shape index (κ3) is 5.12. The molecule has 0 saturated carbocycles. The lowest BCUT2D eigenvalue weighted by molar-refractivity contribution is -0.132. The monoisotopic (exact) mass is 408 g/mol. The van der Waals surface area contributed by atoms with Crippen molar-refractivity contribution in [1.29, 1.82) is 0 Å². The lowest BCUT2D eigenvalue weighted by atomic mass is 10.1. The Labute approximate surface area is 174 Å². The fourth-order valence-electron chi connectivity index (χ4n) is 3.05. The molecule has 1 aromatic heterocycles. The predicted octanol–water partition coefficient (Wildman–Crippen LogP) is 3.77. The van der Waals surface area contributed by atoms with Crippen molar-refractivity contribution in [2.45, 2.75) is 30.5 Å². The number of carbonyl (C=O) groups excluding carboxylic acids is 2. The van der Waals surface area contributed by atoms with Crippen molar-refractivity contribution in [1.82, 2.24) is 15.1 Å². The summed E-state index contributed by atoms with van der Waals surface area (Å²) in [7, 11) is 1.64. The second-order valence-corrected chi connectivity index (χ2v) is 8.08. The molecular formula is C22H24N4O2S. The van der Waals surface area contributed by atoms with Gasteiger partial charge < -0.3 is 10.2 Å². The van der Waals surface area contributed by atoms with E-state index < -0.39 is 5.25 Å². The predicted molar refractivity (Wildman–Crippen MR) is 117 cm³/mol. The van der Waals surface area contributed by atoms with Gasteiger partial charge in [-0.1, -0.05) is 61.2 Å². The minimum Gasteiger partial charge on any atom is -0.335 e. The maximum Gasteiger partial charge on any atom is 0.243 e. The van der Waals surface area contributed by atoms with E-state index in [4.69, 9.17) is 0 Å². The lowest BCUT2D eigenvalue weighted by Gasteiger charge is -2.21. The molecule has 0 aliphatic carbocycles. The Morgan fingerprint density at radius 3 is 2.66 bits per heavy atom. The molecule has 1 unspecified atom stereocenters. The molecule has 0 radical (unpaired) electrons. The zero-order chi connectivity index (χ0) is 20.8. The Hall–Kier alpha value is -2.93. The number of hydrogen-bond donors (Lipinski definition) is 1. The van der Waals surface area contributed by atoms with Crippen molar-refractivity contribution in [3.05, 3.63) is 60.3 Å². The van der Waals surface area contributed by atoms with E-state index in [1.54, 1.807) is 13.2 Å². The molecule has 3 rings (SSSR count). The Kier molecular flexibility index (Phi) is 6.82. The normalized spacial score (nSPS) is 11.8. The molecule has 1 atom stereocenters. The van der Waals surface area contributed by atoms with Crippen LogP contribution in [0.2, 0.25) is 0 Å². The van der Waals surface area contributed by atoms with Gasteiger partial charge >= 0.3 is 0 Å². The van der Waals surface area contributed by atoms with Gasteiger partial charge in [-0.15, -0.1) is 5.10 Å². The average molecular weight is 409 g/mol. The topological polar surface area (TPSA) is 75.2 Å². The van der Waals surface area contributed by atoms with Crippen molar-refractivity contribution < 1.29 is 9.59 Å². The van der Waals surface area contributed by atoms with E-state index >= 15 is 0 Å². The first-order valence-electron chi connectivity index (χ1n) is 9.49. The summed E-state index contributed by atoms with van der Waals surface area (Å²) in [6, 6.07) is 15.5. The van der Waals surface area contributed by atoms with Gasteiger partial charge in [0, 0.05) is 23.5 Å². The van der Waals surface area contributed by atoms with Crippen LogP contribution in [0, 0.1) is 0 Å². The maximum atomic E-state index is 12.8. The summed E-state index contributed by atoms with van der Waals surface area (Å²) in [5.41, 5.74) is 1.85. The van der Waals surface area contributed by atoms with Crippen LogP contribution in [0.15, 0.2) is 59.8 Å². The van der Waals surface area contributed by atoms with Crippen LogP contribution in [0.25, 0.3) is 10.8 Å². The first-order valence-corrected chi connectivity index (χ1v) is 10.4. The summed E-state index contributed by atoms with van der Waals surface area (Å²) in [6.45, 7) is 3.84. The average Bonchev–Trinajstić information content (AvgIpc) is 2.73. The molecule has 150 valence electrons. The molecule has 0 spiro atoms. The van der Waals surface area contributed by atoms with Crippen molar-refractivity contribution >= 4 is 40.0 Å². The smallest absolute Gasteiger partial charge is 0.243 e. The summed E-state index contributed by atoms with van der Waals surface area (Å²) in [6.07, 6.45) is 2.53. The third-order valence-electron chi connectivity index (χ3n) is 4.60. The van der Waals surface area contributed by atoms with E-state index in [1.165, 1.54) is 16.7 Å². The van der Waals surface area contributed by atoms with E-state index in [0.29, 0.717) is 5.03 Å². The number of nitrogens with one attached hydrogen (secondary N) is 1. The number of anilines is 1. The Balaban J connectivity index is 1.62. The molecule has 0 saturated heterocycles. The van der Waals surface area contributed by atoms with E-state index in [9.17, 15) is 9.59 Å². The molecule has 0 fully saturated rings. The van der Waals surface area contributed by atoms with E-state index in [0.717, 1.165) is 28.4 Å². The number of rotatable bonds is 7. The maximum absolute atomic E-state index is 12.8. The van der Waals surface area contributed by atoms with Gasteiger partial charge in [-0.05, 0) is 25.0 Å². The summed E-state index contributed by atoms with van der Waals surface area (Å²) >= 11 is 1.35. The molecule has 0 aliphatic heterocycles. The highest BCUT2D eigenvalue weighted by Crippen LogP contribution is 2.28. The van der Waals surface area contributed by atoms with Crippen LogP contribution in [0.4, 0.5) is 5.69 Å². The van der Waals surface area contributed by atoms with Crippen LogP contribution in [0.3, 0.4) is 0 Å². The highest BCUT2D eigenvalue weighted by atomic mass is 32.2. The number of thioether (sulfide) groups is 1. The second-order valence-electron chi connectivity index (χ2n) is 6.75.